The van der Waals surface area contributed by atoms with Crippen molar-refractivity contribution in [1.82, 2.24) is 10.2 Å². The van der Waals surface area contributed by atoms with Crippen LogP contribution in [0.5, 0.6) is 0 Å². The van der Waals surface area contributed by atoms with Gasteiger partial charge in [0.15, 0.2) is 0 Å². The van der Waals surface area contributed by atoms with E-state index in [0.29, 0.717) is 10.4 Å². The molecule has 0 spiro atoms. The first-order valence-corrected chi connectivity index (χ1v) is 13.4. The molecule has 3 aromatic rings. The molecule has 0 aromatic heterocycles. The molecule has 3 rings (SSSR count). The molecular weight excluding hydrogens is 538 g/mol. The lowest BCUT2D eigenvalue weighted by atomic mass is 10.1. The summed E-state index contributed by atoms with van der Waals surface area (Å²) in [5.74, 6) is -2.14. The molecule has 0 aliphatic heterocycles. The van der Waals surface area contributed by atoms with Crippen LogP contribution in [0.3, 0.4) is 0 Å². The van der Waals surface area contributed by atoms with Crippen LogP contribution in [0.2, 0.25) is 0 Å². The molecule has 0 fully saturated rings. The maximum atomic E-state index is 14.5. The molecule has 0 saturated heterocycles. The van der Waals surface area contributed by atoms with Crippen molar-refractivity contribution in [3.8, 4) is 0 Å². The third kappa shape index (κ3) is 7.14. The van der Waals surface area contributed by atoms with Crippen LogP contribution in [-0.2, 0) is 32.3 Å². The summed E-state index contributed by atoms with van der Waals surface area (Å²) in [6, 6.07) is 14.9. The number of carbonyl (C=O) groups is 2. The molecule has 12 heteroatoms. The van der Waals surface area contributed by atoms with Crippen molar-refractivity contribution in [1.29, 1.82) is 0 Å². The standard InChI is InChI=1S/C27H27F4N3O4S/c1-3-32-26(36)19(2)33(17-20-10-7-8-15-24(20)28)25(35)18-34(39(37,38)23-13-5-4-6-14-23)22-12-9-11-21(16-22)27(29,30)31/h4-16,19H,3,17-18H2,1-2H3,(H,32,36)/t19-/m0/s1. The first kappa shape index (κ1) is 29.6. The van der Waals surface area contributed by atoms with Gasteiger partial charge in [-0.3, -0.25) is 13.9 Å². The third-order valence-corrected chi connectivity index (χ3v) is 7.68. The van der Waals surface area contributed by atoms with Gasteiger partial charge in [-0.1, -0.05) is 42.5 Å². The first-order valence-electron chi connectivity index (χ1n) is 11.9. The van der Waals surface area contributed by atoms with Crippen molar-refractivity contribution in [3.05, 3.63) is 95.8 Å². The average molecular weight is 566 g/mol. The fraction of sp³-hybridized carbons (Fsp3) is 0.259. The summed E-state index contributed by atoms with van der Waals surface area (Å²) in [6.07, 6.45) is -4.77. The van der Waals surface area contributed by atoms with Gasteiger partial charge in [-0.05, 0) is 50.2 Å². The van der Waals surface area contributed by atoms with Crippen molar-refractivity contribution in [2.45, 2.75) is 37.5 Å². The lowest BCUT2D eigenvalue weighted by Crippen LogP contribution is -2.51. The highest BCUT2D eigenvalue weighted by atomic mass is 32.2. The second-order valence-electron chi connectivity index (χ2n) is 8.56. The zero-order valence-corrected chi connectivity index (χ0v) is 22.0. The van der Waals surface area contributed by atoms with Crippen LogP contribution in [-0.4, -0.2) is 44.3 Å². The average Bonchev–Trinajstić information content (AvgIpc) is 2.91. The van der Waals surface area contributed by atoms with E-state index in [1.54, 1.807) is 13.0 Å². The lowest BCUT2D eigenvalue weighted by molar-refractivity contribution is -0.139. The molecule has 0 aliphatic rings. The Hall–Kier alpha value is -3.93. The number of nitrogens with one attached hydrogen (secondary N) is 1. The summed E-state index contributed by atoms with van der Waals surface area (Å²) < 4.78 is 82.6. The van der Waals surface area contributed by atoms with E-state index < -0.39 is 57.7 Å². The number of amides is 2. The smallest absolute Gasteiger partial charge is 0.355 e. The number of carbonyl (C=O) groups excluding carboxylic acids is 2. The minimum Gasteiger partial charge on any atom is -0.355 e. The van der Waals surface area contributed by atoms with Crippen LogP contribution < -0.4 is 9.62 Å². The minimum atomic E-state index is -4.77. The Morgan fingerprint density at radius 3 is 2.21 bits per heavy atom. The molecular formula is C27H27F4N3O4S. The number of sulfonamides is 1. The summed E-state index contributed by atoms with van der Waals surface area (Å²) in [5.41, 5.74) is -1.45. The summed E-state index contributed by atoms with van der Waals surface area (Å²) in [6.45, 7) is 1.96. The molecule has 1 atom stereocenters. The molecule has 0 saturated carbocycles. The molecule has 208 valence electrons. The van der Waals surface area contributed by atoms with Crippen molar-refractivity contribution in [3.63, 3.8) is 0 Å². The van der Waals surface area contributed by atoms with E-state index >= 15 is 0 Å². The number of anilines is 1. The van der Waals surface area contributed by atoms with Gasteiger partial charge in [-0.15, -0.1) is 0 Å². The molecule has 0 aliphatic carbocycles. The van der Waals surface area contributed by atoms with E-state index in [9.17, 15) is 35.6 Å². The highest BCUT2D eigenvalue weighted by Crippen LogP contribution is 2.33. The van der Waals surface area contributed by atoms with E-state index in [4.69, 9.17) is 0 Å². The topological polar surface area (TPSA) is 86.8 Å². The fourth-order valence-electron chi connectivity index (χ4n) is 3.80. The van der Waals surface area contributed by atoms with Crippen molar-refractivity contribution >= 4 is 27.5 Å². The number of hydrogen-bond donors (Lipinski definition) is 1. The van der Waals surface area contributed by atoms with E-state index in [-0.39, 0.29) is 23.5 Å². The maximum absolute atomic E-state index is 14.5. The molecule has 2 amide bonds. The van der Waals surface area contributed by atoms with Crippen LogP contribution in [0.15, 0.2) is 83.8 Å². The monoisotopic (exact) mass is 565 g/mol. The molecule has 7 nitrogen and oxygen atoms in total. The number of likely N-dealkylation sites (N-methyl/N-ethyl adjacent to an activating group) is 1. The van der Waals surface area contributed by atoms with Gasteiger partial charge in [0.1, 0.15) is 18.4 Å². The van der Waals surface area contributed by atoms with Crippen LogP contribution in [0, 0.1) is 5.82 Å². The van der Waals surface area contributed by atoms with Gasteiger partial charge in [-0.2, -0.15) is 13.2 Å². The van der Waals surface area contributed by atoms with Crippen LogP contribution >= 0.6 is 0 Å². The van der Waals surface area contributed by atoms with Crippen molar-refractivity contribution in [2.24, 2.45) is 0 Å². The molecule has 1 N–H and O–H groups in total. The number of rotatable bonds is 10. The Kier molecular flexibility index (Phi) is 9.33. The quantitative estimate of drug-likeness (QED) is 0.365. The molecule has 0 radical (unpaired) electrons. The van der Waals surface area contributed by atoms with Gasteiger partial charge >= 0.3 is 6.18 Å². The highest BCUT2D eigenvalue weighted by molar-refractivity contribution is 7.92. The Morgan fingerprint density at radius 1 is 0.949 bits per heavy atom. The van der Waals surface area contributed by atoms with Crippen molar-refractivity contribution < 1.29 is 35.6 Å². The van der Waals surface area contributed by atoms with Gasteiger partial charge in [0, 0.05) is 18.7 Å². The molecule has 0 unspecified atom stereocenters. The van der Waals surface area contributed by atoms with Gasteiger partial charge in [0.05, 0.1) is 16.1 Å². The zero-order valence-electron chi connectivity index (χ0n) is 21.2. The first-order chi connectivity index (χ1) is 18.4. The summed E-state index contributed by atoms with van der Waals surface area (Å²) in [7, 11) is -4.54. The fourth-order valence-corrected chi connectivity index (χ4v) is 5.23. The Balaban J connectivity index is 2.09. The Labute approximate surface area is 224 Å². The normalized spacial score (nSPS) is 12.5. The van der Waals surface area contributed by atoms with Crippen LogP contribution in [0.4, 0.5) is 23.2 Å². The number of benzene rings is 3. The zero-order chi connectivity index (χ0) is 28.8. The van der Waals surface area contributed by atoms with Gasteiger partial charge in [0.2, 0.25) is 11.8 Å². The third-order valence-electron chi connectivity index (χ3n) is 5.89. The largest absolute Gasteiger partial charge is 0.416 e. The lowest BCUT2D eigenvalue weighted by Gasteiger charge is -2.32. The second kappa shape index (κ2) is 12.3. The number of hydrogen-bond acceptors (Lipinski definition) is 4. The molecule has 3 aromatic carbocycles. The summed E-state index contributed by atoms with van der Waals surface area (Å²) in [4.78, 5) is 27.0. The van der Waals surface area contributed by atoms with Gasteiger partial charge in [0.25, 0.3) is 10.0 Å². The number of alkyl halides is 3. The Bertz CT molecular complexity index is 1420. The predicted molar refractivity (Wildman–Crippen MR) is 138 cm³/mol. The van der Waals surface area contributed by atoms with Crippen LogP contribution in [0.25, 0.3) is 0 Å². The van der Waals surface area contributed by atoms with E-state index in [2.05, 4.69) is 5.32 Å². The summed E-state index contributed by atoms with van der Waals surface area (Å²) >= 11 is 0. The number of nitrogens with zero attached hydrogens (tertiary/aromatic N) is 2. The van der Waals surface area contributed by atoms with Gasteiger partial charge < -0.3 is 10.2 Å². The maximum Gasteiger partial charge on any atom is 0.416 e. The molecule has 39 heavy (non-hydrogen) atoms. The number of halogens is 4. The second-order valence-corrected chi connectivity index (χ2v) is 10.4. The van der Waals surface area contributed by atoms with Crippen LogP contribution in [0.1, 0.15) is 25.0 Å². The Morgan fingerprint density at radius 2 is 1.59 bits per heavy atom. The predicted octanol–water partition coefficient (Wildman–Crippen LogP) is 4.59. The van der Waals surface area contributed by atoms with Gasteiger partial charge in [-0.25, -0.2) is 12.8 Å². The van der Waals surface area contributed by atoms with E-state index in [1.807, 2.05) is 0 Å². The SMILES string of the molecule is CCNC(=O)[C@H](C)N(Cc1ccccc1F)C(=O)CN(c1cccc(C(F)(F)F)c1)S(=O)(=O)c1ccccc1. The molecule has 0 bridgehead atoms. The van der Waals surface area contributed by atoms with E-state index in [0.717, 1.165) is 23.1 Å². The van der Waals surface area contributed by atoms with E-state index in [1.165, 1.54) is 55.5 Å². The molecule has 0 heterocycles. The van der Waals surface area contributed by atoms with Crippen molar-refractivity contribution in [2.75, 3.05) is 17.4 Å². The highest BCUT2D eigenvalue weighted by Gasteiger charge is 2.35. The summed E-state index contributed by atoms with van der Waals surface area (Å²) in [5, 5.41) is 2.56. The minimum absolute atomic E-state index is 0.0681.